The number of rotatable bonds is 10. The maximum Gasteiger partial charge on any atom is 0.310 e. The number of nitrogens with zero attached hydrogens (tertiary/aromatic N) is 2. The molecule has 3 unspecified atom stereocenters. The van der Waals surface area contributed by atoms with Crippen LogP contribution < -0.4 is 0 Å². The van der Waals surface area contributed by atoms with Gasteiger partial charge in [-0.1, -0.05) is 26.3 Å². The van der Waals surface area contributed by atoms with Gasteiger partial charge < -0.3 is 24.7 Å². The van der Waals surface area contributed by atoms with Crippen molar-refractivity contribution in [2.24, 2.45) is 11.8 Å². The number of hydrogen-bond acceptors (Lipinski definition) is 5. The van der Waals surface area contributed by atoms with Gasteiger partial charge in [-0.3, -0.25) is 14.4 Å². The zero-order valence-corrected chi connectivity index (χ0v) is 19.0. The molecule has 3 fully saturated rings. The summed E-state index contributed by atoms with van der Waals surface area (Å²) in [6.45, 7) is 11.4. The van der Waals surface area contributed by atoms with Gasteiger partial charge in [0, 0.05) is 12.6 Å². The van der Waals surface area contributed by atoms with Crippen LogP contribution in [0.1, 0.15) is 59.8 Å². The van der Waals surface area contributed by atoms with Gasteiger partial charge in [0.15, 0.2) is 0 Å². The second-order valence-corrected chi connectivity index (χ2v) is 9.47. The first kappa shape index (κ1) is 23.7. The van der Waals surface area contributed by atoms with Gasteiger partial charge in [0.25, 0.3) is 0 Å². The molecule has 3 heterocycles. The third-order valence-corrected chi connectivity index (χ3v) is 7.64. The number of aliphatic hydroxyl groups excluding tert-OH is 1. The molecule has 7 atom stereocenters. The van der Waals surface area contributed by atoms with Gasteiger partial charge in [-0.15, -0.1) is 6.58 Å². The van der Waals surface area contributed by atoms with Crippen LogP contribution in [0.5, 0.6) is 0 Å². The van der Waals surface area contributed by atoms with Crippen molar-refractivity contribution >= 4 is 17.8 Å². The van der Waals surface area contributed by atoms with Crippen LogP contribution >= 0.6 is 0 Å². The normalized spacial score (nSPS) is 35.7. The third kappa shape index (κ3) is 3.39. The number of carbonyl (C=O) groups is 3. The Morgan fingerprint density at radius 3 is 2.58 bits per heavy atom. The van der Waals surface area contributed by atoms with E-state index in [2.05, 4.69) is 6.58 Å². The molecule has 8 nitrogen and oxygen atoms in total. The Morgan fingerprint density at radius 1 is 1.39 bits per heavy atom. The SMILES string of the molecule is C=CCN(C(=O)C1N([C@@H](CC)CO)C(=O)[C@@H]2[C@@H](C(=O)O)[C@@]3(C)CCC12O3)C(C)CCC. The fourth-order valence-electron chi connectivity index (χ4n) is 6.18. The third-order valence-electron chi connectivity index (χ3n) is 7.64. The fraction of sp³-hybridized carbons (Fsp3) is 0.783. The highest BCUT2D eigenvalue weighted by Crippen LogP contribution is 2.63. The quantitative estimate of drug-likeness (QED) is 0.506. The molecule has 3 rings (SSSR count). The first-order valence-corrected chi connectivity index (χ1v) is 11.4. The van der Waals surface area contributed by atoms with Crippen LogP contribution in [0, 0.1) is 11.8 Å². The number of ether oxygens (including phenoxy) is 1. The number of aliphatic hydroxyl groups is 1. The highest BCUT2D eigenvalue weighted by Gasteiger charge is 2.78. The van der Waals surface area contributed by atoms with E-state index in [9.17, 15) is 24.6 Å². The molecule has 3 aliphatic rings. The summed E-state index contributed by atoms with van der Waals surface area (Å²) in [7, 11) is 0. The molecule has 0 aromatic heterocycles. The van der Waals surface area contributed by atoms with Gasteiger partial charge in [0.05, 0.1) is 30.1 Å². The Bertz CT molecular complexity index is 752. The molecule has 174 valence electrons. The van der Waals surface area contributed by atoms with E-state index >= 15 is 0 Å². The average Bonchev–Trinajstić information content (AvgIpc) is 3.28. The van der Waals surface area contributed by atoms with Crippen molar-refractivity contribution in [2.75, 3.05) is 13.2 Å². The minimum Gasteiger partial charge on any atom is -0.481 e. The number of fused-ring (bicyclic) bond motifs is 1. The van der Waals surface area contributed by atoms with Crippen molar-refractivity contribution in [1.29, 1.82) is 0 Å². The molecule has 0 saturated carbocycles. The number of carboxylic acids is 1. The fourth-order valence-corrected chi connectivity index (χ4v) is 6.18. The summed E-state index contributed by atoms with van der Waals surface area (Å²) in [6, 6.07) is -1.59. The lowest BCUT2D eigenvalue weighted by atomic mass is 9.66. The lowest BCUT2D eigenvalue weighted by Gasteiger charge is -2.41. The Morgan fingerprint density at radius 2 is 2.06 bits per heavy atom. The molecule has 0 aliphatic carbocycles. The van der Waals surface area contributed by atoms with Crippen molar-refractivity contribution in [3.63, 3.8) is 0 Å². The predicted octanol–water partition coefficient (Wildman–Crippen LogP) is 1.81. The van der Waals surface area contributed by atoms with Crippen LogP contribution in [0.15, 0.2) is 12.7 Å². The maximum atomic E-state index is 14.0. The van der Waals surface area contributed by atoms with E-state index in [1.165, 1.54) is 4.90 Å². The summed E-state index contributed by atoms with van der Waals surface area (Å²) in [4.78, 5) is 43.0. The van der Waals surface area contributed by atoms with Crippen LogP contribution in [0.4, 0.5) is 0 Å². The summed E-state index contributed by atoms with van der Waals surface area (Å²) in [5.41, 5.74) is -2.16. The number of likely N-dealkylation sites (tertiary alicyclic amines) is 1. The molecule has 2 amide bonds. The van der Waals surface area contributed by atoms with Gasteiger partial charge in [-0.2, -0.15) is 0 Å². The lowest BCUT2D eigenvalue weighted by molar-refractivity contribution is -0.159. The molecule has 0 aromatic carbocycles. The van der Waals surface area contributed by atoms with Crippen LogP contribution in [0.3, 0.4) is 0 Å². The van der Waals surface area contributed by atoms with Crippen molar-refractivity contribution in [1.82, 2.24) is 9.80 Å². The zero-order valence-electron chi connectivity index (χ0n) is 19.0. The first-order valence-electron chi connectivity index (χ1n) is 11.4. The van der Waals surface area contributed by atoms with Crippen LogP contribution in [0.25, 0.3) is 0 Å². The molecule has 31 heavy (non-hydrogen) atoms. The largest absolute Gasteiger partial charge is 0.481 e. The van der Waals surface area contributed by atoms with Crippen molar-refractivity contribution in [3.05, 3.63) is 12.7 Å². The van der Waals surface area contributed by atoms with Crippen LogP contribution in [-0.2, 0) is 19.1 Å². The molecular formula is C23H36N2O6. The van der Waals surface area contributed by atoms with E-state index < -0.39 is 47.0 Å². The number of amides is 2. The summed E-state index contributed by atoms with van der Waals surface area (Å²) >= 11 is 0. The van der Waals surface area contributed by atoms with Gasteiger partial charge in [-0.25, -0.2) is 0 Å². The Hall–Kier alpha value is -1.93. The minimum atomic E-state index is -1.18. The second kappa shape index (κ2) is 8.54. The minimum absolute atomic E-state index is 0.0680. The van der Waals surface area contributed by atoms with Gasteiger partial charge in [-0.05, 0) is 39.5 Å². The first-order chi connectivity index (χ1) is 14.6. The van der Waals surface area contributed by atoms with Crippen LogP contribution in [-0.4, -0.2) is 80.3 Å². The summed E-state index contributed by atoms with van der Waals surface area (Å²) < 4.78 is 6.39. The molecule has 1 spiro atoms. The van der Waals surface area contributed by atoms with E-state index in [4.69, 9.17) is 4.74 Å². The predicted molar refractivity (Wildman–Crippen MR) is 114 cm³/mol. The lowest BCUT2D eigenvalue weighted by Crippen LogP contribution is -2.60. The molecule has 8 heteroatoms. The molecule has 2 N–H and O–H groups in total. The zero-order chi connectivity index (χ0) is 23.1. The van der Waals surface area contributed by atoms with Crippen molar-refractivity contribution in [2.45, 2.75) is 89.1 Å². The molecule has 0 radical (unpaired) electrons. The van der Waals surface area contributed by atoms with Gasteiger partial charge in [0.1, 0.15) is 11.6 Å². The van der Waals surface area contributed by atoms with Crippen molar-refractivity contribution < 1.29 is 29.3 Å². The standard InChI is InChI=1S/C23H36N2O6/c1-6-9-14(4)24(12-7-2)20(28)18-23-11-10-22(5,31-23)17(21(29)30)16(23)19(27)25(18)15(8-3)13-26/h7,14-18,26H,2,6,8-13H2,1,3-5H3,(H,29,30)/t14?,15-,16-,17-,18?,22+,23?/m0/s1. The number of carbonyl (C=O) groups excluding carboxylic acids is 2. The van der Waals surface area contributed by atoms with E-state index in [0.717, 1.165) is 12.8 Å². The molecule has 2 bridgehead atoms. The summed E-state index contributed by atoms with van der Waals surface area (Å²) in [6.07, 6.45) is 4.74. The highest BCUT2D eigenvalue weighted by molar-refractivity contribution is 5.98. The molecular weight excluding hydrogens is 400 g/mol. The number of carboxylic acid groups (broad SMARTS) is 1. The second-order valence-electron chi connectivity index (χ2n) is 9.47. The van der Waals surface area contributed by atoms with Crippen molar-refractivity contribution in [3.8, 4) is 0 Å². The number of hydrogen-bond donors (Lipinski definition) is 2. The highest BCUT2D eigenvalue weighted by atomic mass is 16.5. The Balaban J connectivity index is 2.12. The van der Waals surface area contributed by atoms with E-state index in [1.807, 2.05) is 20.8 Å². The molecule has 3 aliphatic heterocycles. The Kier molecular flexibility index (Phi) is 6.54. The summed E-state index contributed by atoms with van der Waals surface area (Å²) in [5.74, 6) is -3.65. The summed E-state index contributed by atoms with van der Waals surface area (Å²) in [5, 5.41) is 20.0. The average molecular weight is 437 g/mol. The Labute approximate surface area is 184 Å². The molecule has 0 aromatic rings. The maximum absolute atomic E-state index is 14.0. The topological polar surface area (TPSA) is 107 Å². The smallest absolute Gasteiger partial charge is 0.310 e. The van der Waals surface area contributed by atoms with Crippen LogP contribution in [0.2, 0.25) is 0 Å². The van der Waals surface area contributed by atoms with Gasteiger partial charge in [0.2, 0.25) is 11.8 Å². The monoisotopic (exact) mass is 436 g/mol. The molecule has 3 saturated heterocycles. The van der Waals surface area contributed by atoms with E-state index in [0.29, 0.717) is 25.8 Å². The van der Waals surface area contributed by atoms with Gasteiger partial charge >= 0.3 is 5.97 Å². The number of aliphatic carboxylic acids is 1. The van der Waals surface area contributed by atoms with E-state index in [1.54, 1.807) is 17.9 Å². The van der Waals surface area contributed by atoms with E-state index in [-0.39, 0.29) is 18.6 Å².